The van der Waals surface area contributed by atoms with E-state index in [-0.39, 0.29) is 17.9 Å². The van der Waals surface area contributed by atoms with Gasteiger partial charge in [0.05, 0.1) is 14.9 Å². The number of amides is 1. The number of halogens is 1. The SMILES string of the molecule is Cc1nc(C)c(CCC(=O)Nc2nc(-c3ccc(Cl)s3)cs2)c(=O)[nH]1. The van der Waals surface area contributed by atoms with Crippen LogP contribution in [0.2, 0.25) is 4.34 Å². The molecule has 2 N–H and O–H groups in total. The Kier molecular flexibility index (Phi) is 5.31. The van der Waals surface area contributed by atoms with Gasteiger partial charge in [-0.25, -0.2) is 9.97 Å². The van der Waals surface area contributed by atoms with Crippen molar-refractivity contribution < 1.29 is 4.79 Å². The molecule has 0 aliphatic heterocycles. The molecule has 3 aromatic rings. The highest BCUT2D eigenvalue weighted by Gasteiger charge is 2.12. The Morgan fingerprint density at radius 2 is 2.12 bits per heavy atom. The van der Waals surface area contributed by atoms with Crippen LogP contribution in [-0.4, -0.2) is 20.9 Å². The van der Waals surface area contributed by atoms with Gasteiger partial charge in [0, 0.05) is 23.1 Å². The number of carbonyl (C=O) groups excluding carboxylic acids is 1. The molecule has 3 heterocycles. The number of aromatic nitrogens is 3. The van der Waals surface area contributed by atoms with Gasteiger partial charge in [0.1, 0.15) is 5.82 Å². The van der Waals surface area contributed by atoms with E-state index in [1.54, 1.807) is 13.8 Å². The van der Waals surface area contributed by atoms with Crippen LogP contribution >= 0.6 is 34.3 Å². The predicted molar refractivity (Wildman–Crippen MR) is 102 cm³/mol. The lowest BCUT2D eigenvalue weighted by atomic mass is 10.1. The van der Waals surface area contributed by atoms with E-state index in [2.05, 4.69) is 20.3 Å². The van der Waals surface area contributed by atoms with Crippen LogP contribution < -0.4 is 10.9 Å². The van der Waals surface area contributed by atoms with Crippen LogP contribution in [0.4, 0.5) is 5.13 Å². The van der Waals surface area contributed by atoms with Gasteiger partial charge in [0.2, 0.25) is 5.91 Å². The summed E-state index contributed by atoms with van der Waals surface area (Å²) in [5.74, 6) is 0.379. The lowest BCUT2D eigenvalue weighted by molar-refractivity contribution is -0.116. The van der Waals surface area contributed by atoms with Crippen molar-refractivity contribution in [2.75, 3.05) is 5.32 Å². The summed E-state index contributed by atoms with van der Waals surface area (Å²) in [7, 11) is 0. The third-order valence-electron chi connectivity index (χ3n) is 3.52. The van der Waals surface area contributed by atoms with Gasteiger partial charge >= 0.3 is 0 Å². The number of thiazole rings is 1. The molecule has 0 bridgehead atoms. The molecule has 0 fully saturated rings. The topological polar surface area (TPSA) is 87.7 Å². The maximum absolute atomic E-state index is 12.1. The van der Waals surface area contributed by atoms with Gasteiger partial charge in [-0.05, 0) is 32.4 Å². The first-order chi connectivity index (χ1) is 11.9. The minimum absolute atomic E-state index is 0.189. The Morgan fingerprint density at radius 1 is 1.32 bits per heavy atom. The van der Waals surface area contributed by atoms with Crippen LogP contribution in [0.3, 0.4) is 0 Å². The second-order valence-electron chi connectivity index (χ2n) is 5.41. The number of anilines is 1. The number of nitrogens with one attached hydrogen (secondary N) is 2. The first-order valence-corrected chi connectivity index (χ1v) is 9.57. The molecule has 0 saturated heterocycles. The van der Waals surface area contributed by atoms with E-state index in [0.717, 1.165) is 10.6 Å². The van der Waals surface area contributed by atoms with Gasteiger partial charge in [-0.2, -0.15) is 0 Å². The fourth-order valence-electron chi connectivity index (χ4n) is 2.36. The van der Waals surface area contributed by atoms with Gasteiger partial charge < -0.3 is 10.3 Å². The molecule has 25 heavy (non-hydrogen) atoms. The summed E-state index contributed by atoms with van der Waals surface area (Å²) in [5.41, 5.74) is 1.78. The highest BCUT2D eigenvalue weighted by Crippen LogP contribution is 2.32. The molecule has 0 spiro atoms. The van der Waals surface area contributed by atoms with Crippen molar-refractivity contribution in [3.8, 4) is 10.6 Å². The molecule has 0 atom stereocenters. The van der Waals surface area contributed by atoms with E-state index in [1.165, 1.54) is 22.7 Å². The molecule has 0 aromatic carbocycles. The van der Waals surface area contributed by atoms with Gasteiger partial charge in [0.25, 0.3) is 5.56 Å². The van der Waals surface area contributed by atoms with E-state index in [1.807, 2.05) is 17.5 Å². The van der Waals surface area contributed by atoms with Crippen LogP contribution in [0.1, 0.15) is 23.5 Å². The van der Waals surface area contributed by atoms with E-state index in [0.29, 0.717) is 33.0 Å². The minimum Gasteiger partial charge on any atom is -0.311 e. The molecular weight excluding hydrogens is 380 g/mol. The Bertz CT molecular complexity index is 977. The Labute approximate surface area is 156 Å². The van der Waals surface area contributed by atoms with Crippen molar-refractivity contribution in [3.63, 3.8) is 0 Å². The quantitative estimate of drug-likeness (QED) is 0.689. The predicted octanol–water partition coefficient (Wildman–Crippen LogP) is 3.80. The van der Waals surface area contributed by atoms with Crippen LogP contribution in [0.25, 0.3) is 10.6 Å². The summed E-state index contributed by atoms with van der Waals surface area (Å²) in [5, 5.41) is 5.16. The number of rotatable bonds is 5. The fourth-order valence-corrected chi connectivity index (χ4v) is 4.17. The summed E-state index contributed by atoms with van der Waals surface area (Å²) in [6, 6.07) is 3.71. The number of carbonyl (C=O) groups is 1. The standard InChI is InChI=1S/C16H15ClN4O2S2/c1-8-10(15(23)19-9(2)18-8)3-6-14(22)21-16-20-11(7-24-16)12-4-5-13(17)25-12/h4-5,7H,3,6H2,1-2H3,(H,18,19,23)(H,20,21,22). The molecule has 0 aliphatic carbocycles. The van der Waals surface area contributed by atoms with Crippen molar-refractivity contribution in [3.05, 3.63) is 49.3 Å². The van der Waals surface area contributed by atoms with Crippen LogP contribution in [0, 0.1) is 13.8 Å². The maximum atomic E-state index is 12.1. The normalized spacial score (nSPS) is 10.8. The van der Waals surface area contributed by atoms with E-state index in [9.17, 15) is 9.59 Å². The smallest absolute Gasteiger partial charge is 0.254 e. The van der Waals surface area contributed by atoms with E-state index in [4.69, 9.17) is 11.6 Å². The molecule has 0 unspecified atom stereocenters. The third kappa shape index (κ3) is 4.33. The Balaban J connectivity index is 1.62. The second-order valence-corrected chi connectivity index (χ2v) is 7.98. The summed E-state index contributed by atoms with van der Waals surface area (Å²) >= 11 is 8.72. The van der Waals surface area contributed by atoms with Crippen molar-refractivity contribution in [2.45, 2.75) is 26.7 Å². The van der Waals surface area contributed by atoms with Crippen LogP contribution in [0.15, 0.2) is 22.3 Å². The van der Waals surface area contributed by atoms with E-state index >= 15 is 0 Å². The number of hydrogen-bond acceptors (Lipinski definition) is 6. The van der Waals surface area contributed by atoms with Crippen LogP contribution in [0.5, 0.6) is 0 Å². The zero-order valence-corrected chi connectivity index (χ0v) is 15.9. The van der Waals surface area contributed by atoms with Gasteiger partial charge in [0.15, 0.2) is 5.13 Å². The molecular formula is C16H15ClN4O2S2. The molecule has 3 aromatic heterocycles. The number of H-pyrrole nitrogens is 1. The first-order valence-electron chi connectivity index (χ1n) is 7.50. The second kappa shape index (κ2) is 7.47. The maximum Gasteiger partial charge on any atom is 0.254 e. The largest absolute Gasteiger partial charge is 0.311 e. The molecule has 3 rings (SSSR count). The monoisotopic (exact) mass is 394 g/mol. The highest BCUT2D eigenvalue weighted by atomic mass is 35.5. The van der Waals surface area contributed by atoms with Crippen molar-refractivity contribution >= 4 is 45.3 Å². The van der Waals surface area contributed by atoms with Gasteiger partial charge in [-0.15, -0.1) is 22.7 Å². The number of nitrogens with zero attached hydrogens (tertiary/aromatic N) is 2. The Morgan fingerprint density at radius 3 is 2.80 bits per heavy atom. The third-order valence-corrected chi connectivity index (χ3v) is 5.53. The molecule has 9 heteroatoms. The van der Waals surface area contributed by atoms with E-state index < -0.39 is 0 Å². The number of aryl methyl sites for hydroxylation is 2. The molecule has 130 valence electrons. The lowest BCUT2D eigenvalue weighted by Gasteiger charge is -2.05. The minimum atomic E-state index is -0.191. The fraction of sp³-hybridized carbons (Fsp3) is 0.250. The number of thiophene rings is 1. The van der Waals surface area contributed by atoms with Gasteiger partial charge in [-0.3, -0.25) is 9.59 Å². The average molecular weight is 395 g/mol. The van der Waals surface area contributed by atoms with Gasteiger partial charge in [-0.1, -0.05) is 11.6 Å². The van der Waals surface area contributed by atoms with Crippen LogP contribution in [-0.2, 0) is 11.2 Å². The zero-order valence-electron chi connectivity index (χ0n) is 13.6. The zero-order chi connectivity index (χ0) is 18.0. The average Bonchev–Trinajstić information content (AvgIpc) is 3.15. The molecule has 0 radical (unpaired) electrons. The lowest BCUT2D eigenvalue weighted by Crippen LogP contribution is -2.20. The van der Waals surface area contributed by atoms with Crippen molar-refractivity contribution in [2.24, 2.45) is 0 Å². The van der Waals surface area contributed by atoms with Crippen molar-refractivity contribution in [1.82, 2.24) is 15.0 Å². The molecule has 0 aliphatic rings. The molecule has 1 amide bonds. The highest BCUT2D eigenvalue weighted by molar-refractivity contribution is 7.20. The van der Waals surface area contributed by atoms with Crippen molar-refractivity contribution in [1.29, 1.82) is 0 Å². The summed E-state index contributed by atoms with van der Waals surface area (Å²) < 4.78 is 0.695. The summed E-state index contributed by atoms with van der Waals surface area (Å²) in [6.07, 6.45) is 0.521. The molecule has 6 nitrogen and oxygen atoms in total. The number of aromatic amines is 1. The summed E-state index contributed by atoms with van der Waals surface area (Å²) in [4.78, 5) is 36.3. The number of hydrogen-bond donors (Lipinski definition) is 2. The Hall–Kier alpha value is -2.03. The molecule has 0 saturated carbocycles. The summed E-state index contributed by atoms with van der Waals surface area (Å²) in [6.45, 7) is 3.50. The first kappa shape index (κ1) is 17.8.